The topological polar surface area (TPSA) is 83.6 Å². The zero-order valence-electron chi connectivity index (χ0n) is 13.0. The van der Waals surface area contributed by atoms with Gasteiger partial charge in [-0.1, -0.05) is 27.5 Å². The van der Waals surface area contributed by atoms with Crippen molar-refractivity contribution < 1.29 is 16.8 Å². The van der Waals surface area contributed by atoms with E-state index in [1.807, 2.05) is 0 Å². The predicted molar refractivity (Wildman–Crippen MR) is 100 cm³/mol. The van der Waals surface area contributed by atoms with E-state index >= 15 is 0 Å². The van der Waals surface area contributed by atoms with E-state index < -0.39 is 20.0 Å². The van der Waals surface area contributed by atoms with Crippen LogP contribution >= 0.6 is 27.5 Å². The van der Waals surface area contributed by atoms with E-state index in [9.17, 15) is 16.8 Å². The first-order valence-electron chi connectivity index (χ1n) is 7.21. The van der Waals surface area contributed by atoms with Crippen LogP contribution in [0.3, 0.4) is 0 Å². The number of halogens is 2. The summed E-state index contributed by atoms with van der Waals surface area (Å²) in [5.74, 6) is 0. The summed E-state index contributed by atoms with van der Waals surface area (Å²) in [6.45, 7) is 0.229. The molecule has 134 valence electrons. The van der Waals surface area contributed by atoms with Crippen LogP contribution in [0, 0.1) is 0 Å². The number of fused-ring (bicyclic) bond motifs is 1. The second-order valence-electron chi connectivity index (χ2n) is 5.40. The molecule has 1 aliphatic rings. The highest BCUT2D eigenvalue weighted by Crippen LogP contribution is 2.36. The van der Waals surface area contributed by atoms with Crippen molar-refractivity contribution in [1.29, 1.82) is 0 Å². The van der Waals surface area contributed by atoms with Gasteiger partial charge in [-0.15, -0.1) is 0 Å². The molecular formula is C15H14BrClN2O4S2. The van der Waals surface area contributed by atoms with Crippen LogP contribution in [0.4, 0.5) is 5.69 Å². The summed E-state index contributed by atoms with van der Waals surface area (Å²) < 4.78 is 53.9. The lowest BCUT2D eigenvalue weighted by Gasteiger charge is -2.20. The van der Waals surface area contributed by atoms with Crippen molar-refractivity contribution >= 4 is 53.3 Å². The summed E-state index contributed by atoms with van der Waals surface area (Å²) in [5.41, 5.74) is 1.13. The first kappa shape index (κ1) is 18.7. The standard InChI is InChI=1S/C15H14BrClN2O4S2/c1-18-24(20,21)12-3-4-14-10(8-12)6-7-19(14)25(22,23)15-5-2-11(16)9-13(15)17/h2-5,8-9,18H,6-7H2,1H3. The van der Waals surface area contributed by atoms with Crippen molar-refractivity contribution in [2.75, 3.05) is 17.9 Å². The fourth-order valence-electron chi connectivity index (χ4n) is 2.69. The third kappa shape index (κ3) is 3.31. The summed E-state index contributed by atoms with van der Waals surface area (Å²) in [6.07, 6.45) is 0.426. The number of sulfonamides is 2. The van der Waals surface area contributed by atoms with Gasteiger partial charge in [0.2, 0.25) is 10.0 Å². The van der Waals surface area contributed by atoms with Crippen molar-refractivity contribution in [3.63, 3.8) is 0 Å². The van der Waals surface area contributed by atoms with Crippen molar-refractivity contribution in [2.45, 2.75) is 16.2 Å². The van der Waals surface area contributed by atoms with Crippen molar-refractivity contribution in [3.05, 3.63) is 51.5 Å². The van der Waals surface area contributed by atoms with Crippen LogP contribution in [0.5, 0.6) is 0 Å². The van der Waals surface area contributed by atoms with Crippen LogP contribution in [0.25, 0.3) is 0 Å². The molecule has 1 N–H and O–H groups in total. The van der Waals surface area contributed by atoms with Gasteiger partial charge in [-0.3, -0.25) is 4.31 Å². The molecule has 0 saturated carbocycles. The summed E-state index contributed by atoms with van der Waals surface area (Å²) >= 11 is 9.35. The molecule has 10 heteroatoms. The Kier molecular flexibility index (Phi) is 4.89. The predicted octanol–water partition coefficient (Wildman–Crippen LogP) is 2.76. The fraction of sp³-hybridized carbons (Fsp3) is 0.200. The van der Waals surface area contributed by atoms with E-state index in [2.05, 4.69) is 20.7 Å². The van der Waals surface area contributed by atoms with Crippen molar-refractivity contribution in [3.8, 4) is 0 Å². The molecule has 6 nitrogen and oxygen atoms in total. The fourth-order valence-corrected chi connectivity index (χ4v) is 5.98. The largest absolute Gasteiger partial charge is 0.266 e. The van der Waals surface area contributed by atoms with Gasteiger partial charge in [0, 0.05) is 11.0 Å². The third-order valence-corrected chi connectivity index (χ3v) is 8.15. The minimum atomic E-state index is -3.84. The Hall–Kier alpha value is -1.13. The van der Waals surface area contributed by atoms with Gasteiger partial charge in [0.1, 0.15) is 4.90 Å². The molecule has 0 bridgehead atoms. The lowest BCUT2D eigenvalue weighted by Crippen LogP contribution is -2.29. The highest BCUT2D eigenvalue weighted by molar-refractivity contribution is 9.10. The quantitative estimate of drug-likeness (QED) is 0.752. The van der Waals surface area contributed by atoms with Gasteiger partial charge in [0.25, 0.3) is 10.0 Å². The maximum Gasteiger partial charge on any atom is 0.265 e. The van der Waals surface area contributed by atoms with Crippen molar-refractivity contribution in [2.24, 2.45) is 0 Å². The van der Waals surface area contributed by atoms with Crippen LogP contribution in [-0.2, 0) is 26.5 Å². The van der Waals surface area contributed by atoms with E-state index in [-0.39, 0.29) is 21.4 Å². The number of hydrogen-bond donors (Lipinski definition) is 1. The molecule has 3 rings (SSSR count). The molecule has 0 aliphatic carbocycles. The second-order valence-corrected chi connectivity index (χ2v) is 10.4. The number of hydrogen-bond acceptors (Lipinski definition) is 4. The van der Waals surface area contributed by atoms with Crippen molar-refractivity contribution in [1.82, 2.24) is 4.72 Å². The zero-order chi connectivity index (χ0) is 18.4. The molecule has 0 spiro atoms. The third-order valence-electron chi connectivity index (χ3n) is 3.94. The molecule has 0 radical (unpaired) electrons. The SMILES string of the molecule is CNS(=O)(=O)c1ccc2c(c1)CCN2S(=O)(=O)c1ccc(Br)cc1Cl. The second kappa shape index (κ2) is 6.55. The minimum Gasteiger partial charge on any atom is -0.266 e. The molecule has 1 heterocycles. The average Bonchev–Trinajstić information content (AvgIpc) is 2.98. The number of rotatable bonds is 4. The van der Waals surface area contributed by atoms with Gasteiger partial charge in [-0.05, 0) is 55.4 Å². The van der Waals surface area contributed by atoms with E-state index in [0.717, 1.165) is 0 Å². The Morgan fingerprint density at radius 1 is 1.12 bits per heavy atom. The van der Waals surface area contributed by atoms with Gasteiger partial charge in [0.15, 0.2) is 0 Å². The molecular weight excluding hydrogens is 452 g/mol. The van der Waals surface area contributed by atoms with Crippen LogP contribution in [0.2, 0.25) is 5.02 Å². The van der Waals surface area contributed by atoms with E-state index in [4.69, 9.17) is 11.6 Å². The minimum absolute atomic E-state index is 0.0112. The van der Waals surface area contributed by atoms with Gasteiger partial charge in [0.05, 0.1) is 15.6 Å². The molecule has 2 aromatic carbocycles. The Bertz CT molecular complexity index is 1060. The number of anilines is 1. The molecule has 0 amide bonds. The summed E-state index contributed by atoms with van der Waals surface area (Å²) in [4.78, 5) is 0.117. The Morgan fingerprint density at radius 3 is 2.48 bits per heavy atom. The maximum absolute atomic E-state index is 13.0. The normalized spacial score (nSPS) is 14.6. The monoisotopic (exact) mass is 464 g/mol. The maximum atomic E-state index is 13.0. The van der Waals surface area contributed by atoms with Crippen LogP contribution in [-0.4, -0.2) is 30.4 Å². The average molecular weight is 466 g/mol. The molecule has 0 unspecified atom stereocenters. The lowest BCUT2D eigenvalue weighted by molar-refractivity contribution is 0.587. The molecule has 0 fully saturated rings. The Labute approximate surface area is 160 Å². The molecule has 0 saturated heterocycles. The summed E-state index contributed by atoms with van der Waals surface area (Å²) in [5, 5.41) is 0.122. The lowest BCUT2D eigenvalue weighted by atomic mass is 10.2. The van der Waals surface area contributed by atoms with Gasteiger partial charge in [-0.2, -0.15) is 0 Å². The Morgan fingerprint density at radius 2 is 1.84 bits per heavy atom. The summed E-state index contributed by atoms with van der Waals surface area (Å²) in [7, 11) is -6.09. The molecule has 0 aromatic heterocycles. The Balaban J connectivity index is 2.06. The van der Waals surface area contributed by atoms with Crippen LogP contribution < -0.4 is 9.03 Å². The smallest absolute Gasteiger partial charge is 0.265 e. The zero-order valence-corrected chi connectivity index (χ0v) is 17.0. The van der Waals surface area contributed by atoms with E-state index in [0.29, 0.717) is 22.1 Å². The first-order valence-corrected chi connectivity index (χ1v) is 11.3. The highest BCUT2D eigenvalue weighted by atomic mass is 79.9. The van der Waals surface area contributed by atoms with Crippen LogP contribution in [0.1, 0.15) is 5.56 Å². The van der Waals surface area contributed by atoms with Gasteiger partial charge < -0.3 is 0 Å². The highest BCUT2D eigenvalue weighted by Gasteiger charge is 2.33. The number of nitrogens with one attached hydrogen (secondary N) is 1. The number of benzene rings is 2. The van der Waals surface area contributed by atoms with E-state index in [1.165, 1.54) is 41.7 Å². The molecule has 2 aromatic rings. The first-order chi connectivity index (χ1) is 11.7. The van der Waals surface area contributed by atoms with Crippen LogP contribution in [0.15, 0.2) is 50.7 Å². The molecule has 1 aliphatic heterocycles. The van der Waals surface area contributed by atoms with Gasteiger partial charge >= 0.3 is 0 Å². The summed E-state index contributed by atoms with van der Waals surface area (Å²) in [6, 6.07) is 8.98. The molecule has 25 heavy (non-hydrogen) atoms. The van der Waals surface area contributed by atoms with E-state index in [1.54, 1.807) is 6.07 Å². The number of nitrogens with zero attached hydrogens (tertiary/aromatic N) is 1. The molecule has 0 atom stereocenters. The van der Waals surface area contributed by atoms with Gasteiger partial charge in [-0.25, -0.2) is 21.6 Å².